The van der Waals surface area contributed by atoms with Crippen molar-refractivity contribution in [1.29, 1.82) is 0 Å². The number of carbonyl (C=O) groups excluding carboxylic acids is 1. The molecule has 1 amide bonds. The summed E-state index contributed by atoms with van der Waals surface area (Å²) >= 11 is 0. The summed E-state index contributed by atoms with van der Waals surface area (Å²) in [5.74, 6) is 1.08. The summed E-state index contributed by atoms with van der Waals surface area (Å²) < 4.78 is 5.64. The number of nitrogens with zero attached hydrogens (tertiary/aromatic N) is 4. The molecular formula is C22H36IN5O2. The zero-order valence-electron chi connectivity index (χ0n) is 18.5. The van der Waals surface area contributed by atoms with E-state index in [2.05, 4.69) is 53.2 Å². The lowest BCUT2D eigenvalue weighted by molar-refractivity contribution is -0.130. The lowest BCUT2D eigenvalue weighted by atomic mass is 10.1. The number of hydrogen-bond acceptors (Lipinski definition) is 4. The second-order valence-corrected chi connectivity index (χ2v) is 7.90. The third-order valence-corrected chi connectivity index (χ3v) is 5.49. The van der Waals surface area contributed by atoms with Crippen molar-refractivity contribution in [3.63, 3.8) is 0 Å². The molecule has 0 aliphatic carbocycles. The van der Waals surface area contributed by atoms with Gasteiger partial charge in [0.2, 0.25) is 5.91 Å². The van der Waals surface area contributed by atoms with Crippen LogP contribution in [0.2, 0.25) is 0 Å². The Morgan fingerprint density at radius 3 is 2.53 bits per heavy atom. The summed E-state index contributed by atoms with van der Waals surface area (Å²) in [6, 6.07) is 8.73. The monoisotopic (exact) mass is 529 g/mol. The van der Waals surface area contributed by atoms with E-state index < -0.39 is 0 Å². The van der Waals surface area contributed by atoms with Crippen molar-refractivity contribution in [2.75, 3.05) is 52.4 Å². The maximum atomic E-state index is 11.6. The molecule has 3 rings (SSSR count). The molecule has 0 saturated carbocycles. The Balaban J connectivity index is 0.00000320. The summed E-state index contributed by atoms with van der Waals surface area (Å²) in [6.45, 7) is 14.3. The second-order valence-electron chi connectivity index (χ2n) is 7.90. The topological polar surface area (TPSA) is 60.4 Å². The summed E-state index contributed by atoms with van der Waals surface area (Å²) in [5.41, 5.74) is 2.55. The molecule has 2 aliphatic rings. The first-order valence-corrected chi connectivity index (χ1v) is 10.8. The third-order valence-electron chi connectivity index (χ3n) is 5.49. The van der Waals surface area contributed by atoms with Crippen LogP contribution in [0.4, 0.5) is 0 Å². The first-order valence-electron chi connectivity index (χ1n) is 10.8. The van der Waals surface area contributed by atoms with Gasteiger partial charge in [0.1, 0.15) is 0 Å². The van der Waals surface area contributed by atoms with Crippen molar-refractivity contribution in [1.82, 2.24) is 20.0 Å². The van der Waals surface area contributed by atoms with Crippen LogP contribution in [0, 0.1) is 0 Å². The molecule has 0 bridgehead atoms. The van der Waals surface area contributed by atoms with Gasteiger partial charge < -0.3 is 19.9 Å². The van der Waals surface area contributed by atoms with E-state index in [1.165, 1.54) is 11.1 Å². The number of halogens is 1. The van der Waals surface area contributed by atoms with Gasteiger partial charge in [-0.2, -0.15) is 0 Å². The Morgan fingerprint density at radius 1 is 1.17 bits per heavy atom. The number of rotatable bonds is 5. The molecule has 2 heterocycles. The second kappa shape index (κ2) is 12.5. The molecule has 2 saturated heterocycles. The zero-order valence-corrected chi connectivity index (χ0v) is 20.8. The van der Waals surface area contributed by atoms with Crippen LogP contribution in [0.25, 0.3) is 0 Å². The van der Waals surface area contributed by atoms with Gasteiger partial charge >= 0.3 is 0 Å². The van der Waals surface area contributed by atoms with E-state index in [-0.39, 0.29) is 29.9 Å². The maximum absolute atomic E-state index is 11.6. The number of amides is 1. The summed E-state index contributed by atoms with van der Waals surface area (Å²) in [4.78, 5) is 23.0. The van der Waals surface area contributed by atoms with Gasteiger partial charge in [0.15, 0.2) is 5.96 Å². The number of guanidine groups is 1. The Bertz CT molecular complexity index is 707. The lowest BCUT2D eigenvalue weighted by Gasteiger charge is -2.36. The van der Waals surface area contributed by atoms with E-state index >= 15 is 0 Å². The van der Waals surface area contributed by atoms with E-state index in [0.29, 0.717) is 12.6 Å². The molecule has 30 heavy (non-hydrogen) atoms. The molecule has 0 spiro atoms. The molecule has 7 nitrogen and oxygen atoms in total. The fourth-order valence-corrected chi connectivity index (χ4v) is 3.94. The molecule has 0 radical (unpaired) electrons. The van der Waals surface area contributed by atoms with Crippen LogP contribution in [-0.4, -0.2) is 85.1 Å². The van der Waals surface area contributed by atoms with E-state index in [0.717, 1.165) is 64.9 Å². The molecule has 8 heteroatoms. The van der Waals surface area contributed by atoms with Crippen molar-refractivity contribution >= 4 is 35.8 Å². The summed E-state index contributed by atoms with van der Waals surface area (Å²) in [7, 11) is 0. The standard InChI is InChI=1S/C22H35N5O2.HI/c1-4-23-22(27-10-8-26(9-11-27)19(3)28)24-15-20-6-5-7-21(14-20)17-25-12-13-29-18(2)16-25;/h5-7,14,18H,4,8-13,15-17H2,1-3H3,(H,23,24);1H. The largest absolute Gasteiger partial charge is 0.376 e. The van der Waals surface area contributed by atoms with Gasteiger partial charge in [0.25, 0.3) is 0 Å². The van der Waals surface area contributed by atoms with Crippen molar-refractivity contribution in [3.8, 4) is 0 Å². The Kier molecular flexibility index (Phi) is 10.3. The van der Waals surface area contributed by atoms with Gasteiger partial charge in [0, 0.05) is 59.3 Å². The summed E-state index contributed by atoms with van der Waals surface area (Å²) in [5, 5.41) is 3.40. The first-order chi connectivity index (χ1) is 14.0. The Morgan fingerprint density at radius 2 is 1.87 bits per heavy atom. The minimum atomic E-state index is 0. The number of benzene rings is 1. The minimum Gasteiger partial charge on any atom is -0.376 e. The van der Waals surface area contributed by atoms with E-state index in [1.54, 1.807) is 6.92 Å². The molecule has 1 N–H and O–H groups in total. The van der Waals surface area contributed by atoms with Crippen LogP contribution in [0.5, 0.6) is 0 Å². The van der Waals surface area contributed by atoms with Gasteiger partial charge in [-0.25, -0.2) is 4.99 Å². The normalized spacial score (nSPS) is 20.6. The highest BCUT2D eigenvalue weighted by Gasteiger charge is 2.21. The van der Waals surface area contributed by atoms with E-state index in [1.807, 2.05) is 4.90 Å². The van der Waals surface area contributed by atoms with Gasteiger partial charge in [-0.3, -0.25) is 9.69 Å². The fraction of sp³-hybridized carbons (Fsp3) is 0.636. The number of hydrogen-bond donors (Lipinski definition) is 1. The number of piperazine rings is 1. The van der Waals surface area contributed by atoms with Crippen LogP contribution >= 0.6 is 24.0 Å². The highest BCUT2D eigenvalue weighted by Crippen LogP contribution is 2.13. The first kappa shape index (κ1) is 24.9. The average Bonchev–Trinajstić information content (AvgIpc) is 2.71. The molecule has 168 valence electrons. The highest BCUT2D eigenvalue weighted by molar-refractivity contribution is 14.0. The smallest absolute Gasteiger partial charge is 0.219 e. The van der Waals surface area contributed by atoms with Gasteiger partial charge in [-0.1, -0.05) is 24.3 Å². The van der Waals surface area contributed by atoms with Crippen LogP contribution < -0.4 is 5.32 Å². The molecule has 1 atom stereocenters. The molecule has 1 aromatic carbocycles. The van der Waals surface area contributed by atoms with Crippen LogP contribution in [0.3, 0.4) is 0 Å². The zero-order chi connectivity index (χ0) is 20.6. The maximum Gasteiger partial charge on any atom is 0.219 e. The van der Waals surface area contributed by atoms with Crippen molar-refractivity contribution in [3.05, 3.63) is 35.4 Å². The van der Waals surface area contributed by atoms with Gasteiger partial charge in [0.05, 0.1) is 19.3 Å². The fourth-order valence-electron chi connectivity index (χ4n) is 3.94. The number of morpholine rings is 1. The number of ether oxygens (including phenoxy) is 1. The number of aliphatic imine (C=N–C) groups is 1. The summed E-state index contributed by atoms with van der Waals surface area (Å²) in [6.07, 6.45) is 0.308. The van der Waals surface area contributed by atoms with Crippen LogP contribution in [0.1, 0.15) is 31.9 Å². The Labute approximate surface area is 197 Å². The molecular weight excluding hydrogens is 493 g/mol. The number of carbonyl (C=O) groups is 1. The number of nitrogens with one attached hydrogen (secondary N) is 1. The molecule has 0 aromatic heterocycles. The SMILES string of the molecule is CCNC(=NCc1cccc(CN2CCOC(C)C2)c1)N1CCN(C(C)=O)CC1.I. The highest BCUT2D eigenvalue weighted by atomic mass is 127. The molecule has 2 fully saturated rings. The predicted octanol–water partition coefficient (Wildman–Crippen LogP) is 2.15. The van der Waals surface area contributed by atoms with Crippen molar-refractivity contribution < 1.29 is 9.53 Å². The molecule has 1 aromatic rings. The van der Waals surface area contributed by atoms with E-state index in [4.69, 9.17) is 9.73 Å². The van der Waals surface area contributed by atoms with E-state index in [9.17, 15) is 4.79 Å². The quantitative estimate of drug-likeness (QED) is 0.360. The molecule has 2 aliphatic heterocycles. The van der Waals surface area contributed by atoms with Crippen LogP contribution in [-0.2, 0) is 22.6 Å². The van der Waals surface area contributed by atoms with Crippen molar-refractivity contribution in [2.45, 2.75) is 40.0 Å². The van der Waals surface area contributed by atoms with Crippen molar-refractivity contribution in [2.24, 2.45) is 4.99 Å². The Hall–Kier alpha value is -1.39. The van der Waals surface area contributed by atoms with Gasteiger partial charge in [-0.15, -0.1) is 24.0 Å². The minimum absolute atomic E-state index is 0. The predicted molar refractivity (Wildman–Crippen MR) is 131 cm³/mol. The lowest BCUT2D eigenvalue weighted by Crippen LogP contribution is -2.53. The van der Waals surface area contributed by atoms with Gasteiger partial charge in [-0.05, 0) is 25.0 Å². The third kappa shape index (κ3) is 7.39. The van der Waals surface area contributed by atoms with Crippen LogP contribution in [0.15, 0.2) is 29.3 Å². The average molecular weight is 529 g/mol. The molecule has 1 unspecified atom stereocenters.